The molecule has 1 heterocycles. The van der Waals surface area contributed by atoms with E-state index in [9.17, 15) is 0 Å². The van der Waals surface area contributed by atoms with Crippen LogP contribution in [0, 0.1) is 13.8 Å². The van der Waals surface area contributed by atoms with Crippen LogP contribution >= 0.6 is 0 Å². The first-order valence-corrected chi connectivity index (χ1v) is 10.6. The van der Waals surface area contributed by atoms with Crippen molar-refractivity contribution >= 4 is 23.5 Å². The molecule has 1 aromatic heterocycles. The summed E-state index contributed by atoms with van der Waals surface area (Å²) in [4.78, 5) is 7.04. The summed E-state index contributed by atoms with van der Waals surface area (Å²) in [7, 11) is 3.43. The number of ether oxygens (including phenoxy) is 1. The molecule has 3 rings (SSSR count). The van der Waals surface area contributed by atoms with Gasteiger partial charge in [0.1, 0.15) is 5.75 Å². The number of nitrogens with one attached hydrogen (secondary N) is 2. The summed E-state index contributed by atoms with van der Waals surface area (Å²) in [6.45, 7) is 7.26. The highest BCUT2D eigenvalue weighted by molar-refractivity contribution is 5.99. The van der Waals surface area contributed by atoms with Crippen LogP contribution in [0.3, 0.4) is 0 Å². The lowest BCUT2D eigenvalue weighted by molar-refractivity contribution is 0.415. The number of fused-ring (bicyclic) bond motifs is 1. The van der Waals surface area contributed by atoms with Crippen molar-refractivity contribution < 1.29 is 4.74 Å². The Balaban J connectivity index is 0.000000256. The van der Waals surface area contributed by atoms with Gasteiger partial charge in [0.05, 0.1) is 19.7 Å². The number of benzene rings is 2. The minimum Gasteiger partial charge on any atom is -0.497 e. The fraction of sp³-hybridized carbons (Fsp3) is 0.360. The fourth-order valence-electron chi connectivity index (χ4n) is 2.65. The molecular formula is C25H37N5O. The second-order valence-corrected chi connectivity index (χ2v) is 7.05. The van der Waals surface area contributed by atoms with Gasteiger partial charge in [-0.15, -0.1) is 0 Å². The number of unbranched alkanes of at least 4 members (excludes halogenated alkanes) is 2. The Hall–Kier alpha value is -3.28. The first kappa shape index (κ1) is 25.8. The third-order valence-corrected chi connectivity index (χ3v) is 4.47. The molecule has 0 atom stereocenters. The van der Waals surface area contributed by atoms with E-state index < -0.39 is 0 Å². The number of aryl methyl sites for hydroxylation is 2. The molecule has 6 nitrogen and oxygen atoms in total. The molecule has 0 saturated heterocycles. The molecule has 6 heteroatoms. The first-order valence-electron chi connectivity index (χ1n) is 10.6. The third kappa shape index (κ3) is 10.3. The smallest absolute Gasteiger partial charge is 0.119 e. The number of hydrazone groups is 1. The number of nitrogens with two attached hydrogens (primary N) is 1. The highest BCUT2D eigenvalue weighted by Gasteiger charge is 2.02. The largest absolute Gasteiger partial charge is 0.497 e. The number of hydrogen-bond donors (Lipinski definition) is 3. The van der Waals surface area contributed by atoms with Crippen LogP contribution in [0.4, 0.5) is 0 Å². The molecule has 0 saturated carbocycles. The molecular weight excluding hydrogens is 386 g/mol. The molecule has 168 valence electrons. The van der Waals surface area contributed by atoms with Crippen molar-refractivity contribution in [2.24, 2.45) is 15.8 Å². The number of aromatic nitrogens is 1. The molecule has 0 aliphatic heterocycles. The zero-order chi connectivity index (χ0) is 22.9. The second kappa shape index (κ2) is 15.5. The monoisotopic (exact) mass is 423 g/mol. The van der Waals surface area contributed by atoms with Crippen LogP contribution in [-0.4, -0.2) is 38.2 Å². The summed E-state index contributed by atoms with van der Waals surface area (Å²) in [6, 6.07) is 14.4. The van der Waals surface area contributed by atoms with Crippen LogP contribution in [0.1, 0.15) is 42.9 Å². The molecule has 31 heavy (non-hydrogen) atoms. The second-order valence-electron chi connectivity index (χ2n) is 7.05. The summed E-state index contributed by atoms with van der Waals surface area (Å²) in [6.07, 6.45) is 8.75. The minimum absolute atomic E-state index is 0.848. The van der Waals surface area contributed by atoms with Gasteiger partial charge in [0.15, 0.2) is 0 Å². The Morgan fingerprint density at radius 2 is 1.74 bits per heavy atom. The summed E-state index contributed by atoms with van der Waals surface area (Å²) in [5.74, 6) is 0.848. The van der Waals surface area contributed by atoms with Gasteiger partial charge >= 0.3 is 0 Å². The molecule has 2 aromatic carbocycles. The van der Waals surface area contributed by atoms with Crippen LogP contribution in [0.25, 0.3) is 10.9 Å². The van der Waals surface area contributed by atoms with Gasteiger partial charge in [-0.05, 0) is 38.5 Å². The molecule has 0 amide bonds. The number of aliphatic imine (C=N–C) groups is 1. The standard InChI is InChI=1S/C11H13N3O.C8H10.C6H14N2/c1-12-14-7-8-6-13-11-4-3-9(15-2)5-10(8)11;1-7-3-5-8(2)6-4-7;1-2-3-4-5-8-6-7/h3-7,12-13H,1-2H3;3-6H,1-2H3;6H,2-5H2,1H3,(H2,7,8)/b14-7+;;. The number of methoxy groups -OCH3 is 1. The average molecular weight is 424 g/mol. The highest BCUT2D eigenvalue weighted by atomic mass is 16.5. The van der Waals surface area contributed by atoms with Gasteiger partial charge in [-0.2, -0.15) is 5.10 Å². The Labute approximate surface area is 186 Å². The molecule has 0 aliphatic carbocycles. The number of H-pyrrole nitrogens is 1. The predicted octanol–water partition coefficient (Wildman–Crippen LogP) is 5.20. The zero-order valence-corrected chi connectivity index (χ0v) is 19.5. The normalized spacial score (nSPS) is 10.5. The van der Waals surface area contributed by atoms with Gasteiger partial charge in [0.25, 0.3) is 0 Å². The Bertz CT molecular complexity index is 892. The van der Waals surface area contributed by atoms with E-state index in [0.29, 0.717) is 0 Å². The van der Waals surface area contributed by atoms with Crippen LogP contribution in [0.5, 0.6) is 5.75 Å². The molecule has 0 spiro atoms. The fourth-order valence-corrected chi connectivity index (χ4v) is 2.65. The van der Waals surface area contributed by atoms with E-state index in [1.807, 2.05) is 24.4 Å². The van der Waals surface area contributed by atoms with E-state index in [1.54, 1.807) is 20.4 Å². The van der Waals surface area contributed by atoms with Crippen molar-refractivity contribution in [2.75, 3.05) is 20.7 Å². The van der Waals surface area contributed by atoms with Crippen molar-refractivity contribution in [3.63, 3.8) is 0 Å². The summed E-state index contributed by atoms with van der Waals surface area (Å²) in [5, 5.41) is 5.09. The molecule has 0 radical (unpaired) electrons. The Morgan fingerprint density at radius 1 is 1.06 bits per heavy atom. The van der Waals surface area contributed by atoms with Crippen molar-refractivity contribution in [1.29, 1.82) is 0 Å². The van der Waals surface area contributed by atoms with Gasteiger partial charge in [-0.3, -0.25) is 4.99 Å². The lowest BCUT2D eigenvalue weighted by atomic mass is 10.2. The van der Waals surface area contributed by atoms with Gasteiger partial charge in [-0.1, -0.05) is 55.2 Å². The molecule has 0 aliphatic rings. The Morgan fingerprint density at radius 3 is 2.29 bits per heavy atom. The van der Waals surface area contributed by atoms with Crippen LogP contribution in [0.15, 0.2) is 58.8 Å². The van der Waals surface area contributed by atoms with Gasteiger partial charge < -0.3 is 20.9 Å². The quantitative estimate of drug-likeness (QED) is 0.211. The van der Waals surface area contributed by atoms with Crippen LogP contribution in [-0.2, 0) is 0 Å². The first-order chi connectivity index (χ1) is 15.0. The van der Waals surface area contributed by atoms with Crippen LogP contribution in [0.2, 0.25) is 0 Å². The molecule has 0 bridgehead atoms. The average Bonchev–Trinajstić information content (AvgIpc) is 3.20. The van der Waals surface area contributed by atoms with Crippen molar-refractivity contribution in [2.45, 2.75) is 40.0 Å². The maximum absolute atomic E-state index is 5.18. The van der Waals surface area contributed by atoms with E-state index in [4.69, 9.17) is 10.5 Å². The molecule has 3 aromatic rings. The maximum Gasteiger partial charge on any atom is 0.119 e. The number of aromatic amines is 1. The van der Waals surface area contributed by atoms with Crippen molar-refractivity contribution in [1.82, 2.24) is 10.4 Å². The Kier molecular flexibility index (Phi) is 12.9. The predicted molar refractivity (Wildman–Crippen MR) is 134 cm³/mol. The highest BCUT2D eigenvalue weighted by Crippen LogP contribution is 2.22. The number of nitrogens with zero attached hydrogens (tertiary/aromatic N) is 2. The van der Waals surface area contributed by atoms with Crippen LogP contribution < -0.4 is 15.9 Å². The minimum atomic E-state index is 0.848. The van der Waals surface area contributed by atoms with Crippen molar-refractivity contribution in [3.8, 4) is 5.75 Å². The lowest BCUT2D eigenvalue weighted by Gasteiger charge is -1.99. The lowest BCUT2D eigenvalue weighted by Crippen LogP contribution is -1.94. The zero-order valence-electron chi connectivity index (χ0n) is 19.5. The summed E-state index contributed by atoms with van der Waals surface area (Å²) >= 11 is 0. The molecule has 0 fully saturated rings. The SMILES string of the molecule is CCCCCN=CN.CN/N=C/c1c[nH]c2ccc(OC)cc12.Cc1ccc(C)cc1. The van der Waals surface area contributed by atoms with Gasteiger partial charge in [0.2, 0.25) is 0 Å². The van der Waals surface area contributed by atoms with E-state index in [2.05, 4.69) is 65.5 Å². The molecule has 4 N–H and O–H groups in total. The van der Waals surface area contributed by atoms with E-state index >= 15 is 0 Å². The third-order valence-electron chi connectivity index (χ3n) is 4.47. The van der Waals surface area contributed by atoms with E-state index in [0.717, 1.165) is 28.8 Å². The number of rotatable bonds is 7. The maximum atomic E-state index is 5.18. The van der Waals surface area contributed by atoms with Gasteiger partial charge in [0, 0.05) is 36.3 Å². The summed E-state index contributed by atoms with van der Waals surface area (Å²) < 4.78 is 5.18. The van der Waals surface area contributed by atoms with E-state index in [1.165, 1.54) is 36.7 Å². The topological polar surface area (TPSA) is 87.8 Å². The number of hydrogen-bond acceptors (Lipinski definition) is 4. The molecule has 0 unspecified atom stereocenters. The van der Waals surface area contributed by atoms with Gasteiger partial charge in [-0.25, -0.2) is 0 Å². The van der Waals surface area contributed by atoms with E-state index in [-0.39, 0.29) is 0 Å². The summed E-state index contributed by atoms with van der Waals surface area (Å²) in [5.41, 5.74) is 12.5. The van der Waals surface area contributed by atoms with Crippen molar-refractivity contribution in [3.05, 3.63) is 65.4 Å².